The summed E-state index contributed by atoms with van der Waals surface area (Å²) in [5.74, 6) is 0.548. The van der Waals surface area contributed by atoms with Crippen LogP contribution >= 0.6 is 23.1 Å². The zero-order valence-electron chi connectivity index (χ0n) is 15.7. The summed E-state index contributed by atoms with van der Waals surface area (Å²) >= 11 is 3.14. The number of amides is 2. The lowest BCUT2D eigenvalue weighted by molar-refractivity contribution is -0.129. The van der Waals surface area contributed by atoms with Crippen LogP contribution in [0.1, 0.15) is 17.5 Å². The molecule has 1 heterocycles. The molecule has 0 aliphatic rings. The number of carbonyl (C=O) groups is 2. The molecule has 0 unspecified atom stereocenters. The standard InChI is InChI=1S/C20H21N3O3S2/c1-13-9-14(2)11-15(10-13)26-12-19(25)23-22-18(24)7-8-27-20-21-16-5-3-4-6-17(16)28-20/h3-6,9-11H,7-8,12H2,1-2H3,(H,22,24)(H,23,25). The maximum Gasteiger partial charge on any atom is 0.276 e. The normalized spacial score (nSPS) is 10.6. The Morgan fingerprint density at radius 2 is 1.79 bits per heavy atom. The van der Waals surface area contributed by atoms with Crippen molar-refractivity contribution in [2.24, 2.45) is 0 Å². The Hall–Kier alpha value is -2.58. The van der Waals surface area contributed by atoms with Gasteiger partial charge in [-0.3, -0.25) is 20.4 Å². The van der Waals surface area contributed by atoms with Gasteiger partial charge in [-0.1, -0.05) is 30.0 Å². The highest BCUT2D eigenvalue weighted by Gasteiger charge is 2.08. The van der Waals surface area contributed by atoms with Crippen molar-refractivity contribution in [3.8, 4) is 5.75 Å². The van der Waals surface area contributed by atoms with E-state index in [9.17, 15) is 9.59 Å². The molecule has 6 nitrogen and oxygen atoms in total. The van der Waals surface area contributed by atoms with Crippen molar-refractivity contribution in [2.45, 2.75) is 24.6 Å². The van der Waals surface area contributed by atoms with Crippen molar-refractivity contribution < 1.29 is 14.3 Å². The van der Waals surface area contributed by atoms with Gasteiger partial charge in [0.05, 0.1) is 10.2 Å². The Morgan fingerprint density at radius 1 is 1.07 bits per heavy atom. The van der Waals surface area contributed by atoms with Gasteiger partial charge in [-0.25, -0.2) is 4.98 Å². The molecule has 2 aromatic carbocycles. The summed E-state index contributed by atoms with van der Waals surface area (Å²) in [5, 5.41) is 0. The molecule has 1 aromatic heterocycles. The lowest BCUT2D eigenvalue weighted by atomic mass is 10.1. The molecule has 28 heavy (non-hydrogen) atoms. The number of benzene rings is 2. The first-order valence-electron chi connectivity index (χ1n) is 8.77. The molecule has 0 radical (unpaired) electrons. The van der Waals surface area contributed by atoms with Gasteiger partial charge in [-0.2, -0.15) is 0 Å². The van der Waals surface area contributed by atoms with Crippen LogP contribution in [0.4, 0.5) is 0 Å². The van der Waals surface area contributed by atoms with Crippen molar-refractivity contribution >= 4 is 45.1 Å². The van der Waals surface area contributed by atoms with Gasteiger partial charge < -0.3 is 4.74 Å². The molecule has 0 bridgehead atoms. The van der Waals surface area contributed by atoms with E-state index in [0.29, 0.717) is 11.5 Å². The Bertz CT molecular complexity index is 934. The minimum Gasteiger partial charge on any atom is -0.484 e. The van der Waals surface area contributed by atoms with Crippen molar-refractivity contribution in [3.05, 3.63) is 53.6 Å². The number of aryl methyl sites for hydroxylation is 2. The molecule has 0 atom stereocenters. The molecule has 8 heteroatoms. The number of aromatic nitrogens is 1. The fourth-order valence-electron chi connectivity index (χ4n) is 2.55. The van der Waals surface area contributed by atoms with Gasteiger partial charge in [0.25, 0.3) is 5.91 Å². The van der Waals surface area contributed by atoms with E-state index in [1.165, 1.54) is 11.8 Å². The third-order valence-electron chi connectivity index (χ3n) is 3.74. The van der Waals surface area contributed by atoms with Gasteiger partial charge in [0.2, 0.25) is 5.91 Å². The van der Waals surface area contributed by atoms with Gasteiger partial charge in [0.15, 0.2) is 10.9 Å². The third-order valence-corrected chi connectivity index (χ3v) is 5.92. The Kier molecular flexibility index (Phi) is 6.89. The molecular formula is C20H21N3O3S2. The Balaban J connectivity index is 1.34. The molecule has 3 aromatic rings. The second kappa shape index (κ2) is 9.57. The largest absolute Gasteiger partial charge is 0.484 e. The quantitative estimate of drug-likeness (QED) is 0.455. The Labute approximate surface area is 171 Å². The third kappa shape index (κ3) is 5.97. The second-order valence-electron chi connectivity index (χ2n) is 6.25. The van der Waals surface area contributed by atoms with E-state index < -0.39 is 5.91 Å². The summed E-state index contributed by atoms with van der Waals surface area (Å²) in [5.41, 5.74) is 7.87. The zero-order chi connectivity index (χ0) is 19.9. The van der Waals surface area contributed by atoms with Crippen LogP contribution in [0.25, 0.3) is 10.2 Å². The molecular weight excluding hydrogens is 394 g/mol. The summed E-state index contributed by atoms with van der Waals surface area (Å²) < 4.78 is 7.52. The second-order valence-corrected chi connectivity index (χ2v) is 8.63. The number of nitrogens with zero attached hydrogens (tertiary/aromatic N) is 1. The average Bonchev–Trinajstić information content (AvgIpc) is 3.06. The molecule has 2 amide bonds. The van der Waals surface area contributed by atoms with E-state index in [1.54, 1.807) is 11.3 Å². The van der Waals surface area contributed by atoms with Gasteiger partial charge in [-0.15, -0.1) is 11.3 Å². The van der Waals surface area contributed by atoms with Crippen LogP contribution in [0, 0.1) is 13.8 Å². The smallest absolute Gasteiger partial charge is 0.276 e. The van der Waals surface area contributed by atoms with Crippen molar-refractivity contribution in [1.29, 1.82) is 0 Å². The van der Waals surface area contributed by atoms with Gasteiger partial charge in [0.1, 0.15) is 5.75 Å². The molecule has 0 saturated heterocycles. The first kappa shape index (κ1) is 20.2. The SMILES string of the molecule is Cc1cc(C)cc(OCC(=O)NNC(=O)CCSc2nc3ccccc3s2)c1. The Morgan fingerprint density at radius 3 is 2.54 bits per heavy atom. The molecule has 2 N–H and O–H groups in total. The van der Waals surface area contributed by atoms with Crippen LogP contribution in [0.3, 0.4) is 0 Å². The zero-order valence-corrected chi connectivity index (χ0v) is 17.3. The van der Waals surface area contributed by atoms with E-state index in [1.807, 2.05) is 56.3 Å². The maximum atomic E-state index is 11.9. The molecule has 3 rings (SSSR count). The number of ether oxygens (including phenoxy) is 1. The molecule has 0 aliphatic heterocycles. The highest BCUT2D eigenvalue weighted by molar-refractivity contribution is 8.01. The monoisotopic (exact) mass is 415 g/mol. The van der Waals surface area contributed by atoms with E-state index in [2.05, 4.69) is 15.8 Å². The summed E-state index contributed by atoms with van der Waals surface area (Å²) in [7, 11) is 0. The van der Waals surface area contributed by atoms with E-state index in [4.69, 9.17) is 4.74 Å². The fraction of sp³-hybridized carbons (Fsp3) is 0.250. The number of hydrazine groups is 1. The number of fused-ring (bicyclic) bond motifs is 1. The molecule has 0 fully saturated rings. The summed E-state index contributed by atoms with van der Waals surface area (Å²) in [4.78, 5) is 28.2. The van der Waals surface area contributed by atoms with E-state index in [-0.39, 0.29) is 18.9 Å². The summed E-state index contributed by atoms with van der Waals surface area (Å²) in [6.45, 7) is 3.77. The molecule has 0 saturated carbocycles. The number of hydrogen-bond acceptors (Lipinski definition) is 6. The highest BCUT2D eigenvalue weighted by Crippen LogP contribution is 2.29. The minimum absolute atomic E-state index is 0.163. The van der Waals surface area contributed by atoms with E-state index in [0.717, 1.165) is 25.7 Å². The summed E-state index contributed by atoms with van der Waals surface area (Å²) in [6.07, 6.45) is 0.277. The lowest BCUT2D eigenvalue weighted by Crippen LogP contribution is -2.43. The lowest BCUT2D eigenvalue weighted by Gasteiger charge is -2.09. The fourth-order valence-corrected chi connectivity index (χ4v) is 4.62. The van der Waals surface area contributed by atoms with Crippen LogP contribution in [-0.2, 0) is 9.59 Å². The average molecular weight is 416 g/mol. The topological polar surface area (TPSA) is 80.3 Å². The predicted octanol–water partition coefficient (Wildman–Crippen LogP) is 3.62. The van der Waals surface area contributed by atoms with Gasteiger partial charge in [-0.05, 0) is 49.2 Å². The number of rotatable bonds is 7. The molecule has 0 spiro atoms. The number of hydrogen-bond donors (Lipinski definition) is 2. The number of thiazole rings is 1. The van der Waals surface area contributed by atoms with E-state index >= 15 is 0 Å². The summed E-state index contributed by atoms with van der Waals surface area (Å²) in [6, 6.07) is 13.7. The van der Waals surface area contributed by atoms with Crippen molar-refractivity contribution in [1.82, 2.24) is 15.8 Å². The number of thioether (sulfide) groups is 1. The predicted molar refractivity (Wildman–Crippen MR) is 113 cm³/mol. The van der Waals surface area contributed by atoms with Crippen LogP contribution < -0.4 is 15.6 Å². The first-order chi connectivity index (χ1) is 13.5. The van der Waals surface area contributed by atoms with Crippen molar-refractivity contribution in [2.75, 3.05) is 12.4 Å². The minimum atomic E-state index is -0.411. The van der Waals surface area contributed by atoms with Gasteiger partial charge in [0, 0.05) is 12.2 Å². The molecule has 146 valence electrons. The van der Waals surface area contributed by atoms with Crippen LogP contribution in [0.2, 0.25) is 0 Å². The van der Waals surface area contributed by atoms with Crippen LogP contribution in [0.5, 0.6) is 5.75 Å². The number of carbonyl (C=O) groups excluding carboxylic acids is 2. The van der Waals surface area contributed by atoms with Crippen LogP contribution in [0.15, 0.2) is 46.8 Å². The number of para-hydroxylation sites is 1. The highest BCUT2D eigenvalue weighted by atomic mass is 32.2. The van der Waals surface area contributed by atoms with Crippen LogP contribution in [-0.4, -0.2) is 29.2 Å². The number of nitrogens with one attached hydrogen (secondary N) is 2. The maximum absolute atomic E-state index is 11.9. The first-order valence-corrected chi connectivity index (χ1v) is 10.6. The van der Waals surface area contributed by atoms with Crippen molar-refractivity contribution in [3.63, 3.8) is 0 Å². The molecule has 0 aliphatic carbocycles. The van der Waals surface area contributed by atoms with Gasteiger partial charge >= 0.3 is 0 Å².